The van der Waals surface area contributed by atoms with Crippen molar-refractivity contribution in [3.8, 4) is 0 Å². The number of nitro benzene ring substituents is 1. The molecule has 1 N–H and O–H groups in total. The zero-order valence-electron chi connectivity index (χ0n) is 15.0. The molecule has 0 saturated carbocycles. The molecule has 2 aromatic carbocycles. The second-order valence-electron chi connectivity index (χ2n) is 6.35. The lowest BCUT2D eigenvalue weighted by molar-refractivity contribution is -0.385. The predicted molar refractivity (Wildman–Crippen MR) is 102 cm³/mol. The van der Waals surface area contributed by atoms with Gasteiger partial charge in [0.05, 0.1) is 28.6 Å². The van der Waals surface area contributed by atoms with Gasteiger partial charge in [-0.3, -0.25) is 19.7 Å². The summed E-state index contributed by atoms with van der Waals surface area (Å²) < 4.78 is 0. The van der Waals surface area contributed by atoms with Crippen molar-refractivity contribution in [2.75, 3.05) is 5.32 Å². The maximum absolute atomic E-state index is 12.6. The van der Waals surface area contributed by atoms with E-state index < -0.39 is 11.0 Å². The average Bonchev–Trinajstić information content (AvgIpc) is 2.63. The largest absolute Gasteiger partial charge is 0.326 e. The summed E-state index contributed by atoms with van der Waals surface area (Å²) >= 11 is 0. The summed E-state index contributed by atoms with van der Waals surface area (Å²) in [6.07, 6.45) is 3.57. The summed E-state index contributed by atoms with van der Waals surface area (Å²) in [5.41, 5.74) is 2.58. The van der Waals surface area contributed by atoms with Crippen LogP contribution in [-0.2, 0) is 9.59 Å². The summed E-state index contributed by atoms with van der Waals surface area (Å²) in [6.45, 7) is 3.04. The van der Waals surface area contributed by atoms with Crippen LogP contribution in [0.5, 0.6) is 0 Å². The number of nitro groups is 1. The molecule has 0 radical (unpaired) electrons. The highest BCUT2D eigenvalue weighted by atomic mass is 16.6. The molecule has 7 heteroatoms. The number of rotatable bonds is 4. The molecule has 1 heterocycles. The first-order valence-electron chi connectivity index (χ1n) is 8.48. The maximum Gasteiger partial charge on any atom is 0.274 e. The Morgan fingerprint density at radius 3 is 2.63 bits per heavy atom. The lowest BCUT2D eigenvalue weighted by Gasteiger charge is -2.32. The van der Waals surface area contributed by atoms with Crippen LogP contribution < -0.4 is 5.32 Å². The van der Waals surface area contributed by atoms with E-state index >= 15 is 0 Å². The fraction of sp³-hybridized carbons (Fsp3) is 0.200. The minimum atomic E-state index is -0.481. The van der Waals surface area contributed by atoms with Crippen molar-refractivity contribution in [2.45, 2.75) is 26.3 Å². The van der Waals surface area contributed by atoms with Gasteiger partial charge >= 0.3 is 0 Å². The Hall–Kier alpha value is -3.48. The van der Waals surface area contributed by atoms with Crippen LogP contribution in [0.15, 0.2) is 48.7 Å². The summed E-state index contributed by atoms with van der Waals surface area (Å²) in [6, 6.07) is 11.7. The zero-order valence-corrected chi connectivity index (χ0v) is 15.0. The first kappa shape index (κ1) is 18.3. The number of carbonyl (C=O) groups is 2. The molecule has 0 aromatic heterocycles. The Morgan fingerprint density at radius 1 is 1.19 bits per heavy atom. The molecule has 0 fully saturated rings. The first-order valence-corrected chi connectivity index (χ1v) is 8.48. The number of nitrogens with zero attached hydrogens (tertiary/aromatic N) is 2. The smallest absolute Gasteiger partial charge is 0.274 e. The third-order valence-corrected chi connectivity index (χ3v) is 4.62. The molecule has 2 aromatic rings. The van der Waals surface area contributed by atoms with E-state index in [9.17, 15) is 19.7 Å². The highest BCUT2D eigenvalue weighted by molar-refractivity contribution is 5.93. The molecule has 0 aliphatic carbocycles. The Bertz CT molecular complexity index is 952. The van der Waals surface area contributed by atoms with Crippen LogP contribution >= 0.6 is 0 Å². The summed E-state index contributed by atoms with van der Waals surface area (Å²) in [5, 5.41) is 13.8. The standard InChI is InChI=1S/C20H19N3O4/c1-13-17(8-5-9-18(13)23(26)27)21-20(25)12-19-16-7-4-3-6-15(16)10-11-22(19)14(2)24/h3-11,19H,12H2,1-2H3,(H,21,25). The molecule has 1 unspecified atom stereocenters. The van der Waals surface area contributed by atoms with Gasteiger partial charge in [0.2, 0.25) is 11.8 Å². The van der Waals surface area contributed by atoms with E-state index in [1.807, 2.05) is 30.3 Å². The molecule has 3 rings (SSSR count). The molecule has 0 spiro atoms. The second kappa shape index (κ2) is 7.41. The minimum absolute atomic E-state index is 0.0447. The van der Waals surface area contributed by atoms with Crippen molar-refractivity contribution in [3.63, 3.8) is 0 Å². The average molecular weight is 365 g/mol. The van der Waals surface area contributed by atoms with Gasteiger partial charge in [0.15, 0.2) is 0 Å². The van der Waals surface area contributed by atoms with Gasteiger partial charge in [-0.1, -0.05) is 30.3 Å². The van der Waals surface area contributed by atoms with Gasteiger partial charge in [-0.15, -0.1) is 0 Å². The fourth-order valence-electron chi connectivity index (χ4n) is 3.25. The minimum Gasteiger partial charge on any atom is -0.326 e. The number of nitrogens with one attached hydrogen (secondary N) is 1. The molecule has 7 nitrogen and oxygen atoms in total. The van der Waals surface area contributed by atoms with E-state index in [-0.39, 0.29) is 23.9 Å². The van der Waals surface area contributed by atoms with Crippen LogP contribution in [0.3, 0.4) is 0 Å². The predicted octanol–water partition coefficient (Wildman–Crippen LogP) is 3.81. The molecule has 1 aliphatic heterocycles. The third-order valence-electron chi connectivity index (χ3n) is 4.62. The SMILES string of the molecule is CC(=O)N1C=Cc2ccccc2C1CC(=O)Nc1cccc([N+](=O)[O-])c1C. The van der Waals surface area contributed by atoms with Gasteiger partial charge in [0.1, 0.15) is 0 Å². The quantitative estimate of drug-likeness (QED) is 0.659. The van der Waals surface area contributed by atoms with E-state index in [0.717, 1.165) is 11.1 Å². The van der Waals surface area contributed by atoms with Crippen LogP contribution in [-0.4, -0.2) is 21.6 Å². The summed E-state index contributed by atoms with van der Waals surface area (Å²) in [7, 11) is 0. The molecule has 1 atom stereocenters. The number of hydrogen-bond acceptors (Lipinski definition) is 4. The molecule has 0 saturated heterocycles. The Morgan fingerprint density at radius 2 is 1.93 bits per heavy atom. The highest BCUT2D eigenvalue weighted by Crippen LogP contribution is 2.33. The number of amides is 2. The van der Waals surface area contributed by atoms with Gasteiger partial charge in [0, 0.05) is 19.2 Å². The Kier molecular flexibility index (Phi) is 5.03. The summed E-state index contributed by atoms with van der Waals surface area (Å²) in [4.78, 5) is 36.8. The fourth-order valence-corrected chi connectivity index (χ4v) is 3.25. The lowest BCUT2D eigenvalue weighted by atomic mass is 9.93. The Labute approximate surface area is 156 Å². The molecule has 1 aliphatic rings. The normalized spacial score (nSPS) is 15.2. The van der Waals surface area contributed by atoms with E-state index in [1.165, 1.54) is 24.0 Å². The van der Waals surface area contributed by atoms with Crippen molar-refractivity contribution in [3.05, 3.63) is 75.5 Å². The van der Waals surface area contributed by atoms with Crippen molar-refractivity contribution in [2.24, 2.45) is 0 Å². The molecule has 138 valence electrons. The van der Waals surface area contributed by atoms with Crippen LogP contribution in [0.2, 0.25) is 0 Å². The van der Waals surface area contributed by atoms with E-state index in [1.54, 1.807) is 19.2 Å². The third kappa shape index (κ3) is 3.72. The van der Waals surface area contributed by atoms with Gasteiger partial charge in [-0.2, -0.15) is 0 Å². The number of anilines is 1. The summed E-state index contributed by atoms with van der Waals surface area (Å²) in [5.74, 6) is -0.481. The second-order valence-corrected chi connectivity index (χ2v) is 6.35. The van der Waals surface area contributed by atoms with E-state index in [0.29, 0.717) is 11.3 Å². The molecule has 27 heavy (non-hydrogen) atoms. The van der Waals surface area contributed by atoms with Crippen molar-refractivity contribution < 1.29 is 14.5 Å². The molecule has 2 amide bonds. The van der Waals surface area contributed by atoms with Crippen LogP contribution in [0.4, 0.5) is 11.4 Å². The maximum atomic E-state index is 12.6. The van der Waals surface area contributed by atoms with Gasteiger partial charge in [-0.05, 0) is 30.2 Å². The zero-order chi connectivity index (χ0) is 19.6. The number of fused-ring (bicyclic) bond motifs is 1. The highest BCUT2D eigenvalue weighted by Gasteiger charge is 2.28. The van der Waals surface area contributed by atoms with Crippen LogP contribution in [0, 0.1) is 17.0 Å². The topological polar surface area (TPSA) is 92.6 Å². The van der Waals surface area contributed by atoms with Gasteiger partial charge in [-0.25, -0.2) is 0 Å². The number of benzene rings is 2. The first-order chi connectivity index (χ1) is 12.9. The van der Waals surface area contributed by atoms with Gasteiger partial charge in [0.25, 0.3) is 5.69 Å². The Balaban J connectivity index is 1.84. The molecule has 0 bridgehead atoms. The van der Waals surface area contributed by atoms with Crippen LogP contribution in [0.25, 0.3) is 6.08 Å². The van der Waals surface area contributed by atoms with Gasteiger partial charge < -0.3 is 10.2 Å². The van der Waals surface area contributed by atoms with Crippen molar-refractivity contribution in [1.29, 1.82) is 0 Å². The number of carbonyl (C=O) groups excluding carboxylic acids is 2. The number of hydrogen-bond donors (Lipinski definition) is 1. The molecular formula is C20H19N3O4. The molecular weight excluding hydrogens is 346 g/mol. The van der Waals surface area contributed by atoms with Crippen molar-refractivity contribution >= 4 is 29.3 Å². The lowest BCUT2D eigenvalue weighted by Crippen LogP contribution is -2.33. The van der Waals surface area contributed by atoms with Crippen LogP contribution in [0.1, 0.15) is 36.1 Å². The van der Waals surface area contributed by atoms with E-state index in [4.69, 9.17) is 0 Å². The van der Waals surface area contributed by atoms with E-state index in [2.05, 4.69) is 5.32 Å². The van der Waals surface area contributed by atoms with Crippen molar-refractivity contribution in [1.82, 2.24) is 4.90 Å². The monoisotopic (exact) mass is 365 g/mol.